The molecule has 0 saturated carbocycles. The summed E-state index contributed by atoms with van der Waals surface area (Å²) in [7, 11) is 0. The highest BCUT2D eigenvalue weighted by Gasteiger charge is 2.40. The summed E-state index contributed by atoms with van der Waals surface area (Å²) in [6, 6.07) is 11.0. The predicted molar refractivity (Wildman–Crippen MR) is 116 cm³/mol. The Balaban J connectivity index is 1.54. The van der Waals surface area contributed by atoms with Crippen LogP contribution in [-0.2, 0) is 14.4 Å². The lowest BCUT2D eigenvalue weighted by molar-refractivity contribution is -0.135. The van der Waals surface area contributed by atoms with Crippen LogP contribution >= 0.6 is 11.8 Å². The number of nitrogens with one attached hydrogen (secondary N) is 1. The summed E-state index contributed by atoms with van der Waals surface area (Å²) in [6.45, 7) is 3.11. The van der Waals surface area contributed by atoms with Crippen LogP contribution in [0.15, 0.2) is 47.5 Å². The zero-order chi connectivity index (χ0) is 21.1. The lowest BCUT2D eigenvalue weighted by atomic mass is 10.1. The zero-order valence-corrected chi connectivity index (χ0v) is 17.7. The van der Waals surface area contributed by atoms with Gasteiger partial charge in [0.15, 0.2) is 5.25 Å². The van der Waals surface area contributed by atoms with Crippen LogP contribution in [0.1, 0.15) is 24.8 Å². The van der Waals surface area contributed by atoms with Gasteiger partial charge in [-0.15, -0.1) is 11.8 Å². The van der Waals surface area contributed by atoms with Crippen LogP contribution < -0.4 is 10.2 Å². The molecule has 156 valence electrons. The minimum absolute atomic E-state index is 0.162. The normalized spacial score (nSPS) is 18.7. The Morgan fingerprint density at radius 1 is 1.13 bits per heavy atom. The van der Waals surface area contributed by atoms with Gasteiger partial charge in [0.1, 0.15) is 12.4 Å². The highest BCUT2D eigenvalue weighted by atomic mass is 32.2. The quantitative estimate of drug-likeness (QED) is 0.763. The number of hydrogen-bond donors (Lipinski definition) is 1. The molecule has 30 heavy (non-hydrogen) atoms. The number of likely N-dealkylation sites (tertiary alicyclic amines) is 1. The predicted octanol–water partition coefficient (Wildman–Crippen LogP) is 2.85. The number of carbonyl (C=O) groups is 3. The molecule has 2 aliphatic heterocycles. The Bertz CT molecular complexity index is 957. The van der Waals surface area contributed by atoms with Gasteiger partial charge in [0.25, 0.3) is 5.91 Å². The fourth-order valence-corrected chi connectivity index (χ4v) is 4.87. The number of hydrogen-bond acceptors (Lipinski definition) is 5. The van der Waals surface area contributed by atoms with E-state index in [4.69, 9.17) is 0 Å². The molecule has 0 spiro atoms. The average molecular weight is 425 g/mol. The highest BCUT2D eigenvalue weighted by molar-refractivity contribution is 8.01. The first-order valence-electron chi connectivity index (χ1n) is 10.1. The minimum atomic E-state index is -0.858. The molecule has 4 rings (SSSR count). The minimum Gasteiger partial charge on any atom is -0.341 e. The van der Waals surface area contributed by atoms with Crippen molar-refractivity contribution >= 4 is 41.0 Å². The van der Waals surface area contributed by atoms with Crippen molar-refractivity contribution in [2.24, 2.45) is 0 Å². The summed E-state index contributed by atoms with van der Waals surface area (Å²) in [5, 5.41) is 1.87. The van der Waals surface area contributed by atoms with Crippen molar-refractivity contribution < 1.29 is 14.4 Å². The third-order valence-electron chi connectivity index (χ3n) is 5.26. The number of anilines is 2. The number of aryl methyl sites for hydroxylation is 1. The number of nitrogens with zero attached hydrogens (tertiary/aromatic N) is 3. The third kappa shape index (κ3) is 4.33. The topological polar surface area (TPSA) is 82.6 Å². The number of para-hydroxylation sites is 1. The van der Waals surface area contributed by atoms with E-state index >= 15 is 0 Å². The Morgan fingerprint density at radius 2 is 1.90 bits per heavy atom. The number of aromatic nitrogens is 1. The molecule has 0 aliphatic carbocycles. The number of benzene rings is 1. The molecule has 2 aliphatic rings. The fraction of sp³-hybridized carbons (Fsp3) is 0.364. The van der Waals surface area contributed by atoms with Crippen molar-refractivity contribution in [1.82, 2.24) is 9.88 Å². The molecule has 1 aromatic carbocycles. The molecule has 8 heteroatoms. The molecule has 7 nitrogen and oxygen atoms in total. The second-order valence-corrected chi connectivity index (χ2v) is 8.69. The van der Waals surface area contributed by atoms with Crippen molar-refractivity contribution in [3.05, 3.63) is 48.2 Å². The first-order chi connectivity index (χ1) is 14.5. The molecule has 1 aromatic heterocycles. The molecular formula is C22H24N4O3S. The molecule has 1 N–H and O–H groups in total. The van der Waals surface area contributed by atoms with Gasteiger partial charge < -0.3 is 15.1 Å². The van der Waals surface area contributed by atoms with Gasteiger partial charge in [-0.1, -0.05) is 18.2 Å². The van der Waals surface area contributed by atoms with E-state index in [-0.39, 0.29) is 24.3 Å². The van der Waals surface area contributed by atoms with Gasteiger partial charge >= 0.3 is 0 Å². The number of thioether (sulfide) groups is 1. The number of carbonyl (C=O) groups excluding carboxylic acids is 3. The van der Waals surface area contributed by atoms with Gasteiger partial charge in [0.2, 0.25) is 11.8 Å². The Labute approximate surface area is 179 Å². The molecule has 3 amide bonds. The van der Waals surface area contributed by atoms with Gasteiger partial charge in [0, 0.05) is 24.2 Å². The smallest absolute Gasteiger partial charge is 0.250 e. The van der Waals surface area contributed by atoms with Crippen molar-refractivity contribution in [3.63, 3.8) is 0 Å². The van der Waals surface area contributed by atoms with E-state index in [1.54, 1.807) is 23.2 Å². The van der Waals surface area contributed by atoms with Crippen molar-refractivity contribution in [2.45, 2.75) is 36.3 Å². The molecule has 0 radical (unpaired) electrons. The lowest BCUT2D eigenvalue weighted by Gasteiger charge is -2.36. The van der Waals surface area contributed by atoms with Crippen LogP contribution in [0.25, 0.3) is 0 Å². The SMILES string of the molecule is Cc1ccc(NC(=O)CN2C(=O)C(C(=O)N3CCCCC3)Sc3ccccc32)nc1. The molecule has 0 bridgehead atoms. The molecule has 1 saturated heterocycles. The van der Waals surface area contributed by atoms with Crippen LogP contribution in [0.3, 0.4) is 0 Å². The molecule has 1 atom stereocenters. The van der Waals surface area contributed by atoms with E-state index in [2.05, 4.69) is 10.3 Å². The Morgan fingerprint density at radius 3 is 2.63 bits per heavy atom. The van der Waals surface area contributed by atoms with Crippen molar-refractivity contribution in [1.29, 1.82) is 0 Å². The summed E-state index contributed by atoms with van der Waals surface area (Å²) in [5.41, 5.74) is 1.64. The first-order valence-corrected chi connectivity index (χ1v) is 11.0. The van der Waals surface area contributed by atoms with Crippen LogP contribution in [0.4, 0.5) is 11.5 Å². The maximum absolute atomic E-state index is 13.3. The van der Waals surface area contributed by atoms with Gasteiger partial charge in [0.05, 0.1) is 5.69 Å². The summed E-state index contributed by atoms with van der Waals surface area (Å²) in [6.07, 6.45) is 4.70. The van der Waals surface area contributed by atoms with Crippen LogP contribution in [-0.4, -0.2) is 52.5 Å². The highest BCUT2D eigenvalue weighted by Crippen LogP contribution is 2.39. The molecule has 3 heterocycles. The van der Waals surface area contributed by atoms with Gasteiger partial charge in [-0.3, -0.25) is 14.4 Å². The Kier molecular flexibility index (Phi) is 6.03. The summed E-state index contributed by atoms with van der Waals surface area (Å²) in [5.74, 6) is -0.435. The summed E-state index contributed by atoms with van der Waals surface area (Å²) < 4.78 is 0. The van der Waals surface area contributed by atoms with Crippen LogP contribution in [0, 0.1) is 6.92 Å². The number of rotatable bonds is 4. The number of fused-ring (bicyclic) bond motifs is 1. The number of pyridine rings is 1. The standard InChI is InChI=1S/C22H24N4O3S/c1-15-9-10-18(23-13-15)24-19(27)14-26-16-7-3-4-8-17(16)30-20(22(26)29)21(28)25-11-5-2-6-12-25/h3-4,7-10,13,20H,2,5-6,11-12,14H2,1H3,(H,23,24,27). The summed E-state index contributed by atoms with van der Waals surface area (Å²) >= 11 is 1.28. The lowest BCUT2D eigenvalue weighted by Crippen LogP contribution is -2.52. The molecule has 2 aromatic rings. The van der Waals surface area contributed by atoms with E-state index in [0.717, 1.165) is 29.7 Å². The van der Waals surface area contributed by atoms with Gasteiger partial charge in [-0.25, -0.2) is 4.98 Å². The Hall–Kier alpha value is -2.87. The van der Waals surface area contributed by atoms with Crippen molar-refractivity contribution in [3.8, 4) is 0 Å². The second-order valence-electron chi connectivity index (χ2n) is 7.54. The molecule has 1 unspecified atom stereocenters. The largest absolute Gasteiger partial charge is 0.341 e. The van der Waals surface area contributed by atoms with E-state index in [1.165, 1.54) is 16.7 Å². The molecular weight excluding hydrogens is 400 g/mol. The monoisotopic (exact) mass is 424 g/mol. The van der Waals surface area contributed by atoms with E-state index < -0.39 is 5.25 Å². The van der Waals surface area contributed by atoms with E-state index in [9.17, 15) is 14.4 Å². The summed E-state index contributed by atoms with van der Waals surface area (Å²) in [4.78, 5) is 47.2. The molecule has 1 fully saturated rings. The van der Waals surface area contributed by atoms with Crippen molar-refractivity contribution in [2.75, 3.05) is 29.9 Å². The van der Waals surface area contributed by atoms with Gasteiger partial charge in [-0.2, -0.15) is 0 Å². The van der Waals surface area contributed by atoms with E-state index in [0.29, 0.717) is 24.6 Å². The average Bonchev–Trinajstić information content (AvgIpc) is 2.77. The third-order valence-corrected chi connectivity index (χ3v) is 6.50. The fourth-order valence-electron chi connectivity index (χ4n) is 3.68. The first kappa shape index (κ1) is 20.4. The maximum Gasteiger partial charge on any atom is 0.250 e. The van der Waals surface area contributed by atoms with E-state index in [1.807, 2.05) is 31.2 Å². The number of piperidine rings is 1. The van der Waals surface area contributed by atoms with Crippen LogP contribution in [0.2, 0.25) is 0 Å². The van der Waals surface area contributed by atoms with Crippen LogP contribution in [0.5, 0.6) is 0 Å². The zero-order valence-electron chi connectivity index (χ0n) is 16.8. The second kappa shape index (κ2) is 8.87. The maximum atomic E-state index is 13.3. The number of amides is 3. The van der Waals surface area contributed by atoms with Gasteiger partial charge in [-0.05, 0) is 49.9 Å².